The third-order valence-electron chi connectivity index (χ3n) is 4.38. The average Bonchev–Trinajstić information content (AvgIpc) is 3.29. The summed E-state index contributed by atoms with van der Waals surface area (Å²) in [5, 5.41) is 13.2. The Hall–Kier alpha value is -2.18. The van der Waals surface area contributed by atoms with Gasteiger partial charge in [-0.05, 0) is 31.5 Å². The van der Waals surface area contributed by atoms with E-state index in [-0.39, 0.29) is 0 Å². The first kappa shape index (κ1) is 15.4. The zero-order valence-electron chi connectivity index (χ0n) is 13.4. The first-order valence-corrected chi connectivity index (χ1v) is 8.38. The highest BCUT2D eigenvalue weighted by Crippen LogP contribution is 2.33. The molecule has 0 radical (unpaired) electrons. The molecule has 0 unspecified atom stereocenters. The predicted octanol–water partition coefficient (Wildman–Crippen LogP) is 3.46. The molecule has 124 valence electrons. The van der Waals surface area contributed by atoms with Gasteiger partial charge in [0.1, 0.15) is 0 Å². The van der Waals surface area contributed by atoms with Gasteiger partial charge in [-0.3, -0.25) is 9.58 Å². The molecule has 0 saturated carbocycles. The molecular weight excluding hydrogens is 326 g/mol. The summed E-state index contributed by atoms with van der Waals surface area (Å²) in [5.41, 5.74) is 2.00. The fraction of sp³-hybridized carbons (Fsp3) is 0.353. The summed E-state index contributed by atoms with van der Waals surface area (Å²) in [7, 11) is 1.94. The van der Waals surface area contributed by atoms with Crippen molar-refractivity contribution < 1.29 is 4.42 Å². The molecule has 3 heterocycles. The molecule has 1 atom stereocenters. The van der Waals surface area contributed by atoms with Gasteiger partial charge in [0, 0.05) is 24.8 Å². The van der Waals surface area contributed by atoms with E-state index in [9.17, 15) is 0 Å². The summed E-state index contributed by atoms with van der Waals surface area (Å²) in [5.74, 6) is 1.08. The Kier molecular flexibility index (Phi) is 4.08. The number of aromatic nitrogens is 4. The van der Waals surface area contributed by atoms with Gasteiger partial charge in [0.25, 0.3) is 0 Å². The molecule has 6 nitrogen and oxygen atoms in total. The topological polar surface area (TPSA) is 60.0 Å². The van der Waals surface area contributed by atoms with Crippen LogP contribution in [0.5, 0.6) is 0 Å². The number of benzene rings is 1. The van der Waals surface area contributed by atoms with Crippen molar-refractivity contribution in [3.63, 3.8) is 0 Å². The molecule has 1 fully saturated rings. The van der Waals surface area contributed by atoms with E-state index in [1.165, 1.54) is 5.56 Å². The monoisotopic (exact) mass is 343 g/mol. The van der Waals surface area contributed by atoms with Gasteiger partial charge in [-0.1, -0.05) is 23.7 Å². The lowest BCUT2D eigenvalue weighted by molar-refractivity contribution is 0.224. The number of likely N-dealkylation sites (tertiary alicyclic amines) is 1. The molecule has 1 saturated heterocycles. The second-order valence-electron chi connectivity index (χ2n) is 6.06. The van der Waals surface area contributed by atoms with Crippen LogP contribution in [0.3, 0.4) is 0 Å². The summed E-state index contributed by atoms with van der Waals surface area (Å²) < 4.78 is 7.67. The van der Waals surface area contributed by atoms with Crippen LogP contribution in [0.2, 0.25) is 5.02 Å². The first-order chi connectivity index (χ1) is 11.7. The average molecular weight is 344 g/mol. The molecule has 2 aromatic heterocycles. The van der Waals surface area contributed by atoms with Gasteiger partial charge >= 0.3 is 0 Å². The predicted molar refractivity (Wildman–Crippen MR) is 90.3 cm³/mol. The Morgan fingerprint density at radius 1 is 1.29 bits per heavy atom. The van der Waals surface area contributed by atoms with Crippen LogP contribution in [0, 0.1) is 0 Å². The number of hydrogen-bond acceptors (Lipinski definition) is 5. The summed E-state index contributed by atoms with van der Waals surface area (Å²) in [4.78, 5) is 2.36. The van der Waals surface area contributed by atoms with E-state index in [1.807, 2.05) is 42.2 Å². The third-order valence-corrected chi connectivity index (χ3v) is 4.71. The molecule has 0 amide bonds. The van der Waals surface area contributed by atoms with E-state index in [2.05, 4.69) is 26.4 Å². The number of nitrogens with zero attached hydrogens (tertiary/aromatic N) is 5. The van der Waals surface area contributed by atoms with Crippen LogP contribution in [0.4, 0.5) is 0 Å². The lowest BCUT2D eigenvalue weighted by atomic mass is 10.1. The highest BCUT2D eigenvalue weighted by Gasteiger charge is 2.28. The van der Waals surface area contributed by atoms with Crippen LogP contribution < -0.4 is 0 Å². The van der Waals surface area contributed by atoms with Crippen LogP contribution >= 0.6 is 11.6 Å². The first-order valence-electron chi connectivity index (χ1n) is 8.00. The molecule has 0 bridgehead atoms. The maximum atomic E-state index is 6.20. The Bertz CT molecular complexity index is 843. The van der Waals surface area contributed by atoms with Crippen molar-refractivity contribution in [3.05, 3.63) is 53.1 Å². The third kappa shape index (κ3) is 2.95. The molecule has 0 N–H and O–H groups in total. The minimum atomic E-state index is 0.356. The number of rotatable bonds is 4. The maximum Gasteiger partial charge on any atom is 0.249 e. The molecule has 1 aliphatic heterocycles. The molecular formula is C17H18ClN5O. The van der Waals surface area contributed by atoms with Gasteiger partial charge < -0.3 is 4.42 Å². The molecule has 3 aromatic rings. The summed E-state index contributed by atoms with van der Waals surface area (Å²) >= 11 is 6.20. The van der Waals surface area contributed by atoms with Crippen molar-refractivity contribution in [3.8, 4) is 11.5 Å². The van der Waals surface area contributed by atoms with Crippen molar-refractivity contribution in [2.24, 2.45) is 7.05 Å². The van der Waals surface area contributed by atoms with Crippen LogP contribution in [0.1, 0.15) is 30.3 Å². The van der Waals surface area contributed by atoms with E-state index in [0.29, 0.717) is 29.4 Å². The summed E-state index contributed by atoms with van der Waals surface area (Å²) in [6, 6.07) is 7.85. The van der Waals surface area contributed by atoms with Crippen LogP contribution in [0.25, 0.3) is 11.5 Å². The van der Waals surface area contributed by atoms with Gasteiger partial charge in [0.2, 0.25) is 11.8 Å². The van der Waals surface area contributed by atoms with Crippen molar-refractivity contribution in [2.75, 3.05) is 6.54 Å². The normalized spacial score (nSPS) is 18.3. The van der Waals surface area contributed by atoms with E-state index in [1.54, 1.807) is 0 Å². The molecule has 4 rings (SSSR count). The number of aryl methyl sites for hydroxylation is 1. The van der Waals surface area contributed by atoms with Gasteiger partial charge in [0.05, 0.1) is 23.3 Å². The zero-order valence-corrected chi connectivity index (χ0v) is 14.1. The lowest BCUT2D eigenvalue weighted by Crippen LogP contribution is -2.22. The molecule has 24 heavy (non-hydrogen) atoms. The van der Waals surface area contributed by atoms with Gasteiger partial charge in [-0.15, -0.1) is 10.2 Å². The summed E-state index contributed by atoms with van der Waals surface area (Å²) in [6.45, 7) is 1.65. The quantitative estimate of drug-likeness (QED) is 0.726. The van der Waals surface area contributed by atoms with Crippen LogP contribution in [-0.2, 0) is 13.6 Å². The van der Waals surface area contributed by atoms with Gasteiger partial charge in [-0.25, -0.2) is 0 Å². The standard InChI is InChI=1S/C17H18ClN5O/c1-22-10-12(9-19-22)15-7-4-8-23(15)11-16-20-21-17(24-16)13-5-2-3-6-14(13)18/h2-3,5-6,9-10,15H,4,7-8,11H2,1H3/t15-/m0/s1. The van der Waals surface area contributed by atoms with E-state index >= 15 is 0 Å². The van der Waals surface area contributed by atoms with E-state index in [4.69, 9.17) is 16.0 Å². The highest BCUT2D eigenvalue weighted by atomic mass is 35.5. The SMILES string of the molecule is Cn1cc([C@@H]2CCCN2Cc2nnc(-c3ccccc3Cl)o2)cn1. The second kappa shape index (κ2) is 6.37. The van der Waals surface area contributed by atoms with E-state index < -0.39 is 0 Å². The Morgan fingerprint density at radius 2 is 2.17 bits per heavy atom. The summed E-state index contributed by atoms with van der Waals surface area (Å²) in [6.07, 6.45) is 6.29. The lowest BCUT2D eigenvalue weighted by Gasteiger charge is -2.21. The number of hydrogen-bond donors (Lipinski definition) is 0. The van der Waals surface area contributed by atoms with Gasteiger partial charge in [-0.2, -0.15) is 5.10 Å². The highest BCUT2D eigenvalue weighted by molar-refractivity contribution is 6.33. The van der Waals surface area contributed by atoms with Crippen LogP contribution in [0.15, 0.2) is 41.1 Å². The number of halogens is 1. The Balaban J connectivity index is 1.52. The minimum Gasteiger partial charge on any atom is -0.419 e. The van der Waals surface area contributed by atoms with Crippen LogP contribution in [-0.4, -0.2) is 31.4 Å². The molecule has 1 aromatic carbocycles. The smallest absolute Gasteiger partial charge is 0.249 e. The fourth-order valence-corrected chi connectivity index (χ4v) is 3.46. The Morgan fingerprint density at radius 3 is 2.96 bits per heavy atom. The van der Waals surface area contributed by atoms with Crippen molar-refractivity contribution in [2.45, 2.75) is 25.4 Å². The fourth-order valence-electron chi connectivity index (χ4n) is 3.24. The molecule has 0 aliphatic carbocycles. The van der Waals surface area contributed by atoms with Crippen molar-refractivity contribution in [1.82, 2.24) is 24.9 Å². The van der Waals surface area contributed by atoms with E-state index in [0.717, 1.165) is 24.9 Å². The molecule has 1 aliphatic rings. The van der Waals surface area contributed by atoms with Crippen molar-refractivity contribution >= 4 is 11.6 Å². The van der Waals surface area contributed by atoms with Gasteiger partial charge in [0.15, 0.2) is 0 Å². The largest absolute Gasteiger partial charge is 0.419 e. The Labute approximate surface area is 145 Å². The molecule has 7 heteroatoms. The minimum absolute atomic E-state index is 0.356. The zero-order chi connectivity index (χ0) is 16.5. The molecule has 0 spiro atoms. The maximum absolute atomic E-state index is 6.20. The van der Waals surface area contributed by atoms with Crippen molar-refractivity contribution in [1.29, 1.82) is 0 Å². The second-order valence-corrected chi connectivity index (χ2v) is 6.46.